The quantitative estimate of drug-likeness (QED) is 0.410. The summed E-state index contributed by atoms with van der Waals surface area (Å²) in [6.45, 7) is 3.85. The van der Waals surface area contributed by atoms with E-state index >= 15 is 0 Å². The number of fused-ring (bicyclic) bond motifs is 10. The molecule has 0 radical (unpaired) electrons. The highest BCUT2D eigenvalue weighted by atomic mass is 16.5. The van der Waals surface area contributed by atoms with E-state index in [4.69, 9.17) is 4.74 Å². The van der Waals surface area contributed by atoms with Gasteiger partial charge in [-0.25, -0.2) is 0 Å². The molecule has 1 unspecified atom stereocenters. The van der Waals surface area contributed by atoms with Gasteiger partial charge in [-0.05, 0) is 46.9 Å². The van der Waals surface area contributed by atoms with Gasteiger partial charge in [0, 0.05) is 12.3 Å². The van der Waals surface area contributed by atoms with Crippen molar-refractivity contribution >= 4 is 29.9 Å². The summed E-state index contributed by atoms with van der Waals surface area (Å²) in [4.78, 5) is 40.1. The molecule has 7 nitrogen and oxygen atoms in total. The lowest BCUT2D eigenvalue weighted by Gasteiger charge is -2.31. The number of rotatable bonds is 6. The predicted molar refractivity (Wildman–Crippen MR) is 152 cm³/mol. The fourth-order valence-electron chi connectivity index (χ4n) is 4.25. The van der Waals surface area contributed by atoms with E-state index in [1.54, 1.807) is 30.5 Å². The molecule has 39 heavy (non-hydrogen) atoms. The molecule has 2 heterocycles. The lowest BCUT2D eigenvalue weighted by Crippen LogP contribution is -2.57. The van der Waals surface area contributed by atoms with E-state index in [9.17, 15) is 14.4 Å². The standard InChI is InChI=1S/C32H33N3O4/c1-3-22(2)28-31(37)33-21-20-24-14-17-26(18-15-24)39-30(25-12-8-5-9-13-25)29(32(38)35-28)34-27(36)19-16-23-10-6-4-7-11-23/h4-22,28-30H,3H2,1-2H3,(H,33,37)(H,34,36)(H,35,38)/b19-16+,21-20-/t22?,28-,29+,30-/m0/s1. The van der Waals surface area contributed by atoms with Crippen molar-refractivity contribution in [3.05, 3.63) is 114 Å². The molecule has 2 aliphatic heterocycles. The molecule has 7 heteroatoms. The Bertz CT molecular complexity index is 1320. The molecule has 3 amide bonds. The molecule has 2 bridgehead atoms. The molecule has 0 fully saturated rings. The van der Waals surface area contributed by atoms with Crippen LogP contribution in [0.15, 0.2) is 97.2 Å². The average Bonchev–Trinajstić information content (AvgIpc) is 2.97. The maximum absolute atomic E-state index is 13.9. The molecule has 5 rings (SSSR count). The second kappa shape index (κ2) is 13.2. The monoisotopic (exact) mass is 523 g/mol. The van der Waals surface area contributed by atoms with Crippen LogP contribution in [0.1, 0.15) is 43.1 Å². The second-order valence-electron chi connectivity index (χ2n) is 9.46. The maximum atomic E-state index is 13.9. The summed E-state index contributed by atoms with van der Waals surface area (Å²) in [5.74, 6) is -0.948. The van der Waals surface area contributed by atoms with Crippen LogP contribution >= 0.6 is 0 Å². The molecule has 0 saturated carbocycles. The van der Waals surface area contributed by atoms with Crippen LogP contribution in [0.2, 0.25) is 0 Å². The van der Waals surface area contributed by atoms with Crippen LogP contribution in [0.25, 0.3) is 12.2 Å². The van der Waals surface area contributed by atoms with E-state index in [2.05, 4.69) is 16.0 Å². The third-order valence-electron chi connectivity index (χ3n) is 6.68. The molecule has 3 aromatic rings. The first kappa shape index (κ1) is 27.4. The largest absolute Gasteiger partial charge is 0.483 e. The minimum atomic E-state index is -1.14. The van der Waals surface area contributed by atoms with Crippen LogP contribution in [0, 0.1) is 5.92 Å². The smallest absolute Gasteiger partial charge is 0.247 e. The van der Waals surface area contributed by atoms with Crippen molar-refractivity contribution in [2.75, 3.05) is 0 Å². The number of carbonyl (C=O) groups excluding carboxylic acids is 3. The van der Waals surface area contributed by atoms with Crippen LogP contribution in [-0.2, 0) is 14.4 Å². The molecule has 0 spiro atoms. The highest BCUT2D eigenvalue weighted by Gasteiger charge is 2.36. The fraction of sp³-hybridized carbons (Fsp3) is 0.219. The first-order valence-corrected chi connectivity index (χ1v) is 13.1. The van der Waals surface area contributed by atoms with E-state index in [1.807, 2.05) is 86.6 Å². The second-order valence-corrected chi connectivity index (χ2v) is 9.46. The van der Waals surface area contributed by atoms with Crippen LogP contribution in [0.3, 0.4) is 0 Å². The Morgan fingerprint density at radius 1 is 0.949 bits per heavy atom. The first-order chi connectivity index (χ1) is 18.9. The van der Waals surface area contributed by atoms with Crippen molar-refractivity contribution in [1.82, 2.24) is 16.0 Å². The van der Waals surface area contributed by atoms with Crippen LogP contribution in [-0.4, -0.2) is 29.8 Å². The Labute approximate surface area is 229 Å². The van der Waals surface area contributed by atoms with Crippen molar-refractivity contribution in [1.29, 1.82) is 0 Å². The van der Waals surface area contributed by atoms with Crippen LogP contribution in [0.5, 0.6) is 5.75 Å². The average molecular weight is 524 g/mol. The Balaban J connectivity index is 1.74. The molecule has 3 N–H and O–H groups in total. The van der Waals surface area contributed by atoms with Gasteiger partial charge in [0.1, 0.15) is 17.8 Å². The topological polar surface area (TPSA) is 96.5 Å². The highest BCUT2D eigenvalue weighted by molar-refractivity contribution is 5.97. The molecule has 0 aromatic heterocycles. The molecular formula is C32H33N3O4. The predicted octanol–water partition coefficient (Wildman–Crippen LogP) is 4.64. The summed E-state index contributed by atoms with van der Waals surface area (Å²) in [7, 11) is 0. The van der Waals surface area contributed by atoms with Gasteiger partial charge in [0.05, 0.1) is 0 Å². The SMILES string of the molecule is CCC(C)[C@@H]1NC(=O)[C@H](NC(=O)/C=C/c2ccccc2)[C@H](c2ccccc2)Oc2ccc(cc2)/C=C\NC1=O. The van der Waals surface area contributed by atoms with Gasteiger partial charge >= 0.3 is 0 Å². The molecule has 0 saturated heterocycles. The van der Waals surface area contributed by atoms with E-state index in [-0.39, 0.29) is 11.8 Å². The molecule has 2 aliphatic rings. The Morgan fingerprint density at radius 2 is 1.62 bits per heavy atom. The Morgan fingerprint density at radius 3 is 2.28 bits per heavy atom. The Kier molecular flexibility index (Phi) is 9.29. The summed E-state index contributed by atoms with van der Waals surface area (Å²) >= 11 is 0. The lowest BCUT2D eigenvalue weighted by molar-refractivity contribution is -0.133. The van der Waals surface area contributed by atoms with Gasteiger partial charge in [-0.3, -0.25) is 14.4 Å². The summed E-state index contributed by atoms with van der Waals surface area (Å²) < 4.78 is 6.37. The molecule has 200 valence electrons. The Hall–Kier alpha value is -4.65. The van der Waals surface area contributed by atoms with E-state index < -0.39 is 30.0 Å². The number of amides is 3. The zero-order chi connectivity index (χ0) is 27.6. The molecule has 4 atom stereocenters. The first-order valence-electron chi connectivity index (χ1n) is 13.1. The van der Waals surface area contributed by atoms with Gasteiger partial charge < -0.3 is 20.7 Å². The van der Waals surface area contributed by atoms with Crippen molar-refractivity contribution < 1.29 is 19.1 Å². The van der Waals surface area contributed by atoms with E-state index in [0.717, 1.165) is 11.1 Å². The third kappa shape index (κ3) is 7.45. The third-order valence-corrected chi connectivity index (χ3v) is 6.68. The lowest BCUT2D eigenvalue weighted by atomic mass is 9.96. The van der Waals surface area contributed by atoms with Gasteiger partial charge in [-0.15, -0.1) is 0 Å². The van der Waals surface area contributed by atoms with Crippen LogP contribution < -0.4 is 20.7 Å². The zero-order valence-corrected chi connectivity index (χ0v) is 22.0. The minimum Gasteiger partial charge on any atom is -0.483 e. The summed E-state index contributed by atoms with van der Waals surface area (Å²) in [5, 5.41) is 8.51. The number of hydrogen-bond donors (Lipinski definition) is 3. The summed E-state index contributed by atoms with van der Waals surface area (Å²) in [5.41, 5.74) is 2.42. The van der Waals surface area contributed by atoms with Gasteiger partial charge in [-0.1, -0.05) is 93.1 Å². The highest BCUT2D eigenvalue weighted by Crippen LogP contribution is 2.27. The number of hydrogen-bond acceptors (Lipinski definition) is 4. The van der Waals surface area contributed by atoms with E-state index in [0.29, 0.717) is 17.7 Å². The van der Waals surface area contributed by atoms with Crippen molar-refractivity contribution in [2.24, 2.45) is 5.92 Å². The van der Waals surface area contributed by atoms with Gasteiger partial charge in [0.15, 0.2) is 6.10 Å². The fourth-order valence-corrected chi connectivity index (χ4v) is 4.25. The minimum absolute atomic E-state index is 0.154. The zero-order valence-electron chi connectivity index (χ0n) is 22.0. The number of ether oxygens (including phenoxy) is 1. The maximum Gasteiger partial charge on any atom is 0.247 e. The van der Waals surface area contributed by atoms with Crippen molar-refractivity contribution in [2.45, 2.75) is 38.5 Å². The van der Waals surface area contributed by atoms with Gasteiger partial charge in [0.25, 0.3) is 0 Å². The summed E-state index contributed by atoms with van der Waals surface area (Å²) in [6.07, 6.45) is 6.19. The van der Waals surface area contributed by atoms with Gasteiger partial charge in [-0.2, -0.15) is 0 Å². The van der Waals surface area contributed by atoms with E-state index in [1.165, 1.54) is 6.08 Å². The van der Waals surface area contributed by atoms with Crippen molar-refractivity contribution in [3.8, 4) is 5.75 Å². The van der Waals surface area contributed by atoms with Crippen LogP contribution in [0.4, 0.5) is 0 Å². The normalized spacial score (nSPS) is 21.2. The number of benzene rings is 3. The van der Waals surface area contributed by atoms with Crippen molar-refractivity contribution in [3.63, 3.8) is 0 Å². The molecular weight excluding hydrogens is 490 g/mol. The molecule has 3 aromatic carbocycles. The molecule has 0 aliphatic carbocycles. The summed E-state index contributed by atoms with van der Waals surface area (Å²) in [6, 6.07) is 24.0. The number of nitrogens with one attached hydrogen (secondary N) is 3. The number of carbonyl (C=O) groups is 3. The van der Waals surface area contributed by atoms with Gasteiger partial charge in [0.2, 0.25) is 17.7 Å².